The number of carbonyl (C=O) groups is 1. The summed E-state index contributed by atoms with van der Waals surface area (Å²) < 4.78 is 5.10. The van der Waals surface area contributed by atoms with Crippen molar-refractivity contribution in [1.29, 1.82) is 0 Å². The van der Waals surface area contributed by atoms with Crippen molar-refractivity contribution in [2.75, 3.05) is 13.7 Å². The lowest BCUT2D eigenvalue weighted by atomic mass is 10.1. The summed E-state index contributed by atoms with van der Waals surface area (Å²) in [6.07, 6.45) is 1.18. The van der Waals surface area contributed by atoms with Crippen LogP contribution >= 0.6 is 11.3 Å². The summed E-state index contributed by atoms with van der Waals surface area (Å²) in [5.41, 5.74) is 1.11. The zero-order valence-corrected chi connectivity index (χ0v) is 13.4. The summed E-state index contributed by atoms with van der Waals surface area (Å²) in [6, 6.07) is 11.5. The molecule has 1 aromatic carbocycles. The molecular weight excluding hydrogens is 298 g/mol. The largest absolute Gasteiger partial charge is 0.497 e. The van der Waals surface area contributed by atoms with E-state index in [0.717, 1.165) is 16.2 Å². The van der Waals surface area contributed by atoms with Gasteiger partial charge in [-0.25, -0.2) is 0 Å². The Bertz CT molecular complexity index is 566. The van der Waals surface area contributed by atoms with Gasteiger partial charge in [-0.15, -0.1) is 11.3 Å². The van der Waals surface area contributed by atoms with Crippen molar-refractivity contribution in [1.82, 2.24) is 5.32 Å². The molecule has 0 saturated carbocycles. The number of aliphatic hydroxyl groups excluding tert-OH is 1. The average Bonchev–Trinajstić information content (AvgIpc) is 3.08. The van der Waals surface area contributed by atoms with Crippen LogP contribution in [0.15, 0.2) is 41.8 Å². The number of hydrogen-bond acceptors (Lipinski definition) is 4. The molecule has 0 saturated heterocycles. The molecule has 1 heterocycles. The van der Waals surface area contributed by atoms with Crippen LogP contribution in [-0.2, 0) is 11.2 Å². The van der Waals surface area contributed by atoms with E-state index in [1.54, 1.807) is 7.11 Å². The Labute approximate surface area is 134 Å². The standard InChI is InChI=1S/C17H21NO3S/c1-21-14-7-4-13(5-8-14)6-9-17(20)18-11-10-15(19)16-3-2-12-22-16/h2-5,7-8,12,15,19H,6,9-11H2,1H3,(H,18,20)/t15-/m1/s1. The normalized spacial score (nSPS) is 11.9. The molecule has 0 aliphatic heterocycles. The number of ether oxygens (including phenoxy) is 1. The van der Waals surface area contributed by atoms with Gasteiger partial charge >= 0.3 is 0 Å². The van der Waals surface area contributed by atoms with Crippen LogP contribution in [0.4, 0.5) is 0 Å². The molecule has 2 aromatic rings. The van der Waals surface area contributed by atoms with Gasteiger partial charge in [0.1, 0.15) is 5.75 Å². The molecule has 4 nitrogen and oxygen atoms in total. The quantitative estimate of drug-likeness (QED) is 0.786. The minimum absolute atomic E-state index is 0.00852. The second-order valence-corrected chi connectivity index (χ2v) is 6.00. The monoisotopic (exact) mass is 319 g/mol. The zero-order valence-electron chi connectivity index (χ0n) is 12.6. The van der Waals surface area contributed by atoms with Gasteiger partial charge in [-0.1, -0.05) is 18.2 Å². The van der Waals surface area contributed by atoms with E-state index in [-0.39, 0.29) is 5.91 Å². The first-order valence-corrected chi connectivity index (χ1v) is 8.18. The molecule has 1 amide bonds. The third-order valence-corrected chi connectivity index (χ3v) is 4.38. The van der Waals surface area contributed by atoms with Gasteiger partial charge < -0.3 is 15.2 Å². The number of benzene rings is 1. The SMILES string of the molecule is COc1ccc(CCC(=O)NCC[C@@H](O)c2cccs2)cc1. The van der Waals surface area contributed by atoms with E-state index in [4.69, 9.17) is 4.74 Å². The number of hydrogen-bond donors (Lipinski definition) is 2. The highest BCUT2D eigenvalue weighted by Crippen LogP contribution is 2.20. The first-order chi connectivity index (χ1) is 10.7. The topological polar surface area (TPSA) is 58.6 Å². The predicted octanol–water partition coefficient (Wildman–Crippen LogP) is 2.93. The Kier molecular flexibility index (Phi) is 6.43. The van der Waals surface area contributed by atoms with Crippen molar-refractivity contribution >= 4 is 17.2 Å². The zero-order chi connectivity index (χ0) is 15.8. The minimum atomic E-state index is -0.498. The van der Waals surface area contributed by atoms with Gasteiger partial charge in [0.15, 0.2) is 0 Å². The fourth-order valence-corrected chi connectivity index (χ4v) is 2.86. The number of aryl methyl sites for hydroxylation is 1. The van der Waals surface area contributed by atoms with Crippen LogP contribution in [0.2, 0.25) is 0 Å². The molecule has 0 bridgehead atoms. The summed E-state index contributed by atoms with van der Waals surface area (Å²) in [6.45, 7) is 0.487. The number of rotatable bonds is 8. The third kappa shape index (κ3) is 5.16. The number of nitrogens with one attached hydrogen (secondary N) is 1. The van der Waals surface area contributed by atoms with Gasteiger partial charge in [0.25, 0.3) is 0 Å². The van der Waals surface area contributed by atoms with Crippen LogP contribution in [0.25, 0.3) is 0 Å². The summed E-state index contributed by atoms with van der Waals surface area (Å²) in [5.74, 6) is 0.824. The highest BCUT2D eigenvalue weighted by atomic mass is 32.1. The van der Waals surface area contributed by atoms with E-state index in [1.165, 1.54) is 11.3 Å². The molecule has 118 valence electrons. The van der Waals surface area contributed by atoms with Gasteiger partial charge in [0.2, 0.25) is 5.91 Å². The van der Waals surface area contributed by atoms with E-state index in [0.29, 0.717) is 25.8 Å². The molecule has 5 heteroatoms. The summed E-state index contributed by atoms with van der Waals surface area (Å²) >= 11 is 1.53. The van der Waals surface area contributed by atoms with Crippen LogP contribution in [0.1, 0.15) is 29.4 Å². The first kappa shape index (κ1) is 16.5. The van der Waals surface area contributed by atoms with Crippen molar-refractivity contribution in [3.05, 3.63) is 52.2 Å². The van der Waals surface area contributed by atoms with Crippen molar-refractivity contribution < 1.29 is 14.6 Å². The lowest BCUT2D eigenvalue weighted by molar-refractivity contribution is -0.121. The van der Waals surface area contributed by atoms with E-state index in [9.17, 15) is 9.90 Å². The van der Waals surface area contributed by atoms with Gasteiger partial charge in [-0.2, -0.15) is 0 Å². The Balaban J connectivity index is 1.65. The van der Waals surface area contributed by atoms with Gasteiger partial charge in [-0.05, 0) is 42.0 Å². The molecular formula is C17H21NO3S. The van der Waals surface area contributed by atoms with Crippen molar-refractivity contribution in [2.24, 2.45) is 0 Å². The van der Waals surface area contributed by atoms with Crippen LogP contribution in [0, 0.1) is 0 Å². The second-order valence-electron chi connectivity index (χ2n) is 5.02. The van der Waals surface area contributed by atoms with Crippen molar-refractivity contribution in [3.8, 4) is 5.75 Å². The summed E-state index contributed by atoms with van der Waals surface area (Å²) in [4.78, 5) is 12.7. The second kappa shape index (κ2) is 8.56. The molecule has 2 N–H and O–H groups in total. The predicted molar refractivity (Wildman–Crippen MR) is 88.2 cm³/mol. The smallest absolute Gasteiger partial charge is 0.220 e. The highest BCUT2D eigenvalue weighted by Gasteiger charge is 2.09. The molecule has 0 unspecified atom stereocenters. The number of carbonyl (C=O) groups excluding carboxylic acids is 1. The Hall–Kier alpha value is -1.85. The Morgan fingerprint density at radius 1 is 1.32 bits per heavy atom. The Morgan fingerprint density at radius 3 is 2.73 bits per heavy atom. The number of methoxy groups -OCH3 is 1. The van der Waals surface area contributed by atoms with E-state index >= 15 is 0 Å². The molecule has 22 heavy (non-hydrogen) atoms. The highest BCUT2D eigenvalue weighted by molar-refractivity contribution is 7.10. The summed E-state index contributed by atoms with van der Waals surface area (Å²) in [5, 5.41) is 14.7. The lowest BCUT2D eigenvalue weighted by Crippen LogP contribution is -2.25. The van der Waals surface area contributed by atoms with Gasteiger partial charge in [0, 0.05) is 17.8 Å². The molecule has 0 spiro atoms. The van der Waals surface area contributed by atoms with Crippen LogP contribution in [0.3, 0.4) is 0 Å². The minimum Gasteiger partial charge on any atom is -0.497 e. The third-order valence-electron chi connectivity index (χ3n) is 3.41. The molecule has 0 aliphatic rings. The van der Waals surface area contributed by atoms with Crippen molar-refractivity contribution in [3.63, 3.8) is 0 Å². The fourth-order valence-electron chi connectivity index (χ4n) is 2.11. The fraction of sp³-hybridized carbons (Fsp3) is 0.353. The summed E-state index contributed by atoms with van der Waals surface area (Å²) in [7, 11) is 1.63. The maximum atomic E-state index is 11.8. The lowest BCUT2D eigenvalue weighted by Gasteiger charge is -2.09. The number of amides is 1. The van der Waals surface area contributed by atoms with Gasteiger partial charge in [-0.3, -0.25) is 4.79 Å². The van der Waals surface area contributed by atoms with E-state index in [2.05, 4.69) is 5.32 Å². The molecule has 1 atom stereocenters. The number of thiophene rings is 1. The maximum absolute atomic E-state index is 11.8. The van der Waals surface area contributed by atoms with Crippen LogP contribution in [0.5, 0.6) is 5.75 Å². The average molecular weight is 319 g/mol. The molecule has 0 fully saturated rings. The molecule has 1 aromatic heterocycles. The van der Waals surface area contributed by atoms with Crippen LogP contribution in [-0.4, -0.2) is 24.7 Å². The maximum Gasteiger partial charge on any atom is 0.220 e. The van der Waals surface area contributed by atoms with Crippen LogP contribution < -0.4 is 10.1 Å². The number of aliphatic hydroxyl groups is 1. The Morgan fingerprint density at radius 2 is 2.09 bits per heavy atom. The molecule has 2 rings (SSSR count). The van der Waals surface area contributed by atoms with E-state index < -0.39 is 6.10 Å². The van der Waals surface area contributed by atoms with Gasteiger partial charge in [0.05, 0.1) is 13.2 Å². The van der Waals surface area contributed by atoms with E-state index in [1.807, 2.05) is 41.8 Å². The molecule has 0 aliphatic carbocycles. The first-order valence-electron chi connectivity index (χ1n) is 7.30. The molecule has 0 radical (unpaired) electrons. The van der Waals surface area contributed by atoms with Crippen molar-refractivity contribution in [2.45, 2.75) is 25.4 Å².